The van der Waals surface area contributed by atoms with E-state index < -0.39 is 0 Å². The molecule has 0 atom stereocenters. The number of anilines is 1. The first kappa shape index (κ1) is 16.9. The minimum absolute atomic E-state index is 0.622. The molecule has 1 fully saturated rings. The Kier molecular flexibility index (Phi) is 4.24. The van der Waals surface area contributed by atoms with Gasteiger partial charge in [-0.1, -0.05) is 6.07 Å². The summed E-state index contributed by atoms with van der Waals surface area (Å²) < 4.78 is 0. The Morgan fingerprint density at radius 3 is 2.71 bits per heavy atom. The number of hydrogen-bond acceptors (Lipinski definition) is 5. The summed E-state index contributed by atoms with van der Waals surface area (Å²) >= 11 is 0. The molecule has 0 saturated carbocycles. The summed E-state index contributed by atoms with van der Waals surface area (Å²) in [5, 5.41) is 0.994. The van der Waals surface area contributed by atoms with Gasteiger partial charge in [0.05, 0.1) is 17.6 Å². The first-order chi connectivity index (χ1) is 13.8. The van der Waals surface area contributed by atoms with Gasteiger partial charge in [-0.05, 0) is 50.5 Å². The van der Waals surface area contributed by atoms with Gasteiger partial charge in [-0.3, -0.25) is 4.98 Å². The van der Waals surface area contributed by atoms with Crippen molar-refractivity contribution in [1.82, 2.24) is 24.9 Å². The Morgan fingerprint density at radius 2 is 1.86 bits per heavy atom. The Labute approximate surface area is 163 Å². The van der Waals surface area contributed by atoms with E-state index in [0.717, 1.165) is 52.5 Å². The van der Waals surface area contributed by atoms with Gasteiger partial charge < -0.3 is 9.88 Å². The molecule has 1 aliphatic heterocycles. The third-order valence-corrected chi connectivity index (χ3v) is 5.25. The van der Waals surface area contributed by atoms with E-state index in [1.165, 1.54) is 19.3 Å². The van der Waals surface area contributed by atoms with Gasteiger partial charge in [0.2, 0.25) is 0 Å². The van der Waals surface area contributed by atoms with Crippen LogP contribution in [0.25, 0.3) is 33.8 Å². The molecule has 4 aromatic rings. The van der Waals surface area contributed by atoms with Gasteiger partial charge in [0, 0.05) is 42.1 Å². The molecule has 6 nitrogen and oxygen atoms in total. The number of rotatable bonds is 3. The molecular formula is C22H22N6. The summed E-state index contributed by atoms with van der Waals surface area (Å²) in [5.74, 6) is 0.622. The largest absolute Gasteiger partial charge is 0.370 e. The smallest absolute Gasteiger partial charge is 0.180 e. The molecule has 5 rings (SSSR count). The molecule has 140 valence electrons. The van der Waals surface area contributed by atoms with Gasteiger partial charge in [-0.25, -0.2) is 15.0 Å². The van der Waals surface area contributed by atoms with Crippen LogP contribution in [0.3, 0.4) is 0 Å². The summed E-state index contributed by atoms with van der Waals surface area (Å²) in [6.45, 7) is 4.16. The third-order valence-electron chi connectivity index (χ3n) is 5.25. The quantitative estimate of drug-likeness (QED) is 0.579. The maximum absolute atomic E-state index is 4.89. The first-order valence-corrected chi connectivity index (χ1v) is 9.77. The fourth-order valence-electron chi connectivity index (χ4n) is 3.83. The van der Waals surface area contributed by atoms with Crippen LogP contribution in [0.4, 0.5) is 5.69 Å². The van der Waals surface area contributed by atoms with E-state index >= 15 is 0 Å². The van der Waals surface area contributed by atoms with Crippen LogP contribution in [0.2, 0.25) is 0 Å². The van der Waals surface area contributed by atoms with Crippen LogP contribution in [0.5, 0.6) is 0 Å². The zero-order valence-corrected chi connectivity index (χ0v) is 15.9. The van der Waals surface area contributed by atoms with Crippen LogP contribution in [0.15, 0.2) is 48.9 Å². The van der Waals surface area contributed by atoms with Crippen LogP contribution < -0.4 is 4.90 Å². The van der Waals surface area contributed by atoms with Crippen molar-refractivity contribution in [3.05, 3.63) is 54.6 Å². The molecule has 0 aliphatic carbocycles. The molecule has 0 bridgehead atoms. The zero-order valence-electron chi connectivity index (χ0n) is 15.9. The lowest BCUT2D eigenvalue weighted by atomic mass is 10.1. The summed E-state index contributed by atoms with van der Waals surface area (Å²) in [7, 11) is 0. The van der Waals surface area contributed by atoms with Gasteiger partial charge in [-0.15, -0.1) is 0 Å². The maximum Gasteiger partial charge on any atom is 0.180 e. The van der Waals surface area contributed by atoms with E-state index in [1.54, 1.807) is 0 Å². The lowest BCUT2D eigenvalue weighted by Crippen LogP contribution is -2.29. The molecule has 0 radical (unpaired) electrons. The van der Waals surface area contributed by atoms with Gasteiger partial charge >= 0.3 is 0 Å². The summed E-state index contributed by atoms with van der Waals surface area (Å²) in [6, 6.07) is 10.1. The topological polar surface area (TPSA) is 70.6 Å². The number of aryl methyl sites for hydroxylation is 1. The van der Waals surface area contributed by atoms with Crippen molar-refractivity contribution in [3.63, 3.8) is 0 Å². The third kappa shape index (κ3) is 3.11. The minimum atomic E-state index is 0.622. The number of nitrogens with one attached hydrogen (secondary N) is 1. The van der Waals surface area contributed by atoms with E-state index in [2.05, 4.69) is 30.9 Å². The molecule has 1 aliphatic rings. The minimum Gasteiger partial charge on any atom is -0.370 e. The second-order valence-electron chi connectivity index (χ2n) is 7.28. The Bertz CT molecular complexity index is 1130. The number of pyridine rings is 2. The average molecular weight is 370 g/mol. The van der Waals surface area contributed by atoms with Crippen molar-refractivity contribution in [2.24, 2.45) is 0 Å². The van der Waals surface area contributed by atoms with Crippen molar-refractivity contribution in [3.8, 4) is 22.8 Å². The second kappa shape index (κ2) is 7.03. The van der Waals surface area contributed by atoms with Crippen LogP contribution in [0, 0.1) is 6.92 Å². The van der Waals surface area contributed by atoms with Crippen molar-refractivity contribution in [2.75, 3.05) is 18.0 Å². The number of fused-ring (bicyclic) bond motifs is 1. The van der Waals surface area contributed by atoms with Gasteiger partial charge in [-0.2, -0.15) is 0 Å². The highest BCUT2D eigenvalue weighted by molar-refractivity contribution is 5.92. The average Bonchev–Trinajstić information content (AvgIpc) is 3.22. The predicted molar refractivity (Wildman–Crippen MR) is 111 cm³/mol. The Morgan fingerprint density at radius 1 is 0.964 bits per heavy atom. The number of aromatic amines is 1. The molecule has 4 aromatic heterocycles. The predicted octanol–water partition coefficient (Wildman–Crippen LogP) is 4.38. The lowest BCUT2D eigenvalue weighted by Gasteiger charge is -2.28. The number of hydrogen-bond donors (Lipinski definition) is 1. The SMILES string of the molecule is Cc1cccc(-c2nc(-c3cncc(N4CCCCC4)c3)c3cc[nH]c3n2)n1. The zero-order chi connectivity index (χ0) is 18.9. The van der Waals surface area contributed by atoms with Crippen molar-refractivity contribution < 1.29 is 0 Å². The normalized spacial score (nSPS) is 14.5. The summed E-state index contributed by atoms with van der Waals surface area (Å²) in [4.78, 5) is 24.3. The molecule has 5 heterocycles. The highest BCUT2D eigenvalue weighted by Crippen LogP contribution is 2.30. The van der Waals surface area contributed by atoms with Crippen molar-refractivity contribution in [2.45, 2.75) is 26.2 Å². The van der Waals surface area contributed by atoms with Crippen molar-refractivity contribution >= 4 is 16.7 Å². The molecule has 28 heavy (non-hydrogen) atoms. The monoisotopic (exact) mass is 370 g/mol. The molecule has 0 unspecified atom stereocenters. The molecule has 1 N–H and O–H groups in total. The van der Waals surface area contributed by atoms with Crippen LogP contribution in [0.1, 0.15) is 25.0 Å². The Hall–Kier alpha value is -3.28. The number of aromatic nitrogens is 5. The highest BCUT2D eigenvalue weighted by atomic mass is 15.1. The van der Waals surface area contributed by atoms with Crippen molar-refractivity contribution in [1.29, 1.82) is 0 Å². The summed E-state index contributed by atoms with van der Waals surface area (Å²) in [5.41, 5.74) is 5.59. The number of H-pyrrole nitrogens is 1. The lowest BCUT2D eigenvalue weighted by molar-refractivity contribution is 0.577. The summed E-state index contributed by atoms with van der Waals surface area (Å²) in [6.07, 6.45) is 9.53. The van der Waals surface area contributed by atoms with Crippen LogP contribution in [-0.2, 0) is 0 Å². The molecule has 0 amide bonds. The molecule has 0 aromatic carbocycles. The van der Waals surface area contributed by atoms with Crippen LogP contribution >= 0.6 is 0 Å². The van der Waals surface area contributed by atoms with Crippen LogP contribution in [-0.4, -0.2) is 38.0 Å². The molecule has 6 heteroatoms. The van der Waals surface area contributed by atoms with E-state index in [9.17, 15) is 0 Å². The fraction of sp³-hybridized carbons (Fsp3) is 0.273. The maximum atomic E-state index is 4.89. The standard InChI is InChI=1S/C22H22N6/c1-15-6-5-7-19(25-15)22-26-20(18-8-9-24-21(18)27-22)16-12-17(14-23-13-16)28-10-3-2-4-11-28/h5-9,12-14H,2-4,10-11H2,1H3,(H,24,26,27). The molecule has 1 saturated heterocycles. The number of nitrogens with zero attached hydrogens (tertiary/aromatic N) is 5. The van der Waals surface area contributed by atoms with E-state index in [-0.39, 0.29) is 0 Å². The number of piperidine rings is 1. The highest BCUT2D eigenvalue weighted by Gasteiger charge is 2.16. The van der Waals surface area contributed by atoms with Gasteiger partial charge in [0.1, 0.15) is 11.3 Å². The van der Waals surface area contributed by atoms with E-state index in [0.29, 0.717) is 5.82 Å². The van der Waals surface area contributed by atoms with E-state index in [4.69, 9.17) is 4.98 Å². The van der Waals surface area contributed by atoms with E-state index in [1.807, 2.05) is 49.8 Å². The molecule has 0 spiro atoms. The molecular weight excluding hydrogens is 348 g/mol. The fourth-order valence-corrected chi connectivity index (χ4v) is 3.83. The van der Waals surface area contributed by atoms with Gasteiger partial charge in [0.15, 0.2) is 5.82 Å². The first-order valence-electron chi connectivity index (χ1n) is 9.77. The Balaban J connectivity index is 1.63. The second-order valence-corrected chi connectivity index (χ2v) is 7.28. The van der Waals surface area contributed by atoms with Gasteiger partial charge in [0.25, 0.3) is 0 Å².